The zero-order valence-corrected chi connectivity index (χ0v) is 16.3. The standard InChI is InChI=1S/C21H17N3O7/c1-14(21(25)22-19-12-7-15(23(26)27)13-20(19)24(28)29)30-17-8-10-18(11-9-17)31-16-5-3-2-4-6-16/h2-14H,1H3,(H,22,25). The summed E-state index contributed by atoms with van der Waals surface area (Å²) in [6, 6.07) is 18.8. The maximum Gasteiger partial charge on any atom is 0.299 e. The Kier molecular flexibility index (Phi) is 6.41. The van der Waals surface area contributed by atoms with Crippen LogP contribution in [-0.2, 0) is 4.79 Å². The first kappa shape index (κ1) is 21.2. The van der Waals surface area contributed by atoms with Gasteiger partial charge in [-0.15, -0.1) is 0 Å². The van der Waals surface area contributed by atoms with Gasteiger partial charge >= 0.3 is 0 Å². The molecule has 3 aromatic carbocycles. The topological polar surface area (TPSA) is 134 Å². The monoisotopic (exact) mass is 423 g/mol. The lowest BCUT2D eigenvalue weighted by molar-refractivity contribution is -0.393. The lowest BCUT2D eigenvalue weighted by Gasteiger charge is -2.15. The van der Waals surface area contributed by atoms with E-state index in [4.69, 9.17) is 9.47 Å². The van der Waals surface area contributed by atoms with Crippen molar-refractivity contribution in [2.75, 3.05) is 5.32 Å². The van der Waals surface area contributed by atoms with Crippen LogP contribution in [0.4, 0.5) is 17.1 Å². The summed E-state index contributed by atoms with van der Waals surface area (Å²) in [6.07, 6.45) is -0.990. The summed E-state index contributed by atoms with van der Waals surface area (Å²) in [6.45, 7) is 1.47. The molecule has 0 spiro atoms. The number of ether oxygens (including phenoxy) is 2. The number of carbonyl (C=O) groups is 1. The van der Waals surface area contributed by atoms with Crippen LogP contribution in [0.3, 0.4) is 0 Å². The van der Waals surface area contributed by atoms with E-state index in [0.29, 0.717) is 17.2 Å². The largest absolute Gasteiger partial charge is 0.481 e. The second kappa shape index (κ2) is 9.35. The minimum Gasteiger partial charge on any atom is -0.481 e. The number of anilines is 1. The van der Waals surface area contributed by atoms with Crippen molar-refractivity contribution in [3.8, 4) is 17.2 Å². The lowest BCUT2D eigenvalue weighted by atomic mass is 10.2. The predicted octanol–water partition coefficient (Wildman–Crippen LogP) is 4.70. The highest BCUT2D eigenvalue weighted by molar-refractivity contribution is 5.96. The van der Waals surface area contributed by atoms with Gasteiger partial charge in [0.2, 0.25) is 0 Å². The summed E-state index contributed by atoms with van der Waals surface area (Å²) in [5.74, 6) is 0.994. The molecule has 10 heteroatoms. The van der Waals surface area contributed by atoms with E-state index in [1.54, 1.807) is 24.3 Å². The summed E-state index contributed by atoms with van der Waals surface area (Å²) >= 11 is 0. The first-order valence-corrected chi connectivity index (χ1v) is 9.07. The van der Waals surface area contributed by atoms with E-state index in [1.165, 1.54) is 6.92 Å². The van der Waals surface area contributed by atoms with Gasteiger partial charge in [0.05, 0.1) is 15.9 Å². The fraction of sp³-hybridized carbons (Fsp3) is 0.0952. The number of benzene rings is 3. The predicted molar refractivity (Wildman–Crippen MR) is 111 cm³/mol. The van der Waals surface area contributed by atoms with Crippen molar-refractivity contribution in [1.82, 2.24) is 0 Å². The van der Waals surface area contributed by atoms with Gasteiger partial charge in [-0.1, -0.05) is 18.2 Å². The SMILES string of the molecule is CC(Oc1ccc(Oc2ccccc2)cc1)C(=O)Nc1ccc([N+](=O)[O-])cc1[N+](=O)[O-]. The number of hydrogen-bond donors (Lipinski definition) is 1. The summed E-state index contributed by atoms with van der Waals surface area (Å²) in [5.41, 5.74) is -1.20. The minimum absolute atomic E-state index is 0.164. The van der Waals surface area contributed by atoms with Gasteiger partial charge in [-0.2, -0.15) is 0 Å². The normalized spacial score (nSPS) is 11.3. The molecular formula is C21H17N3O7. The molecule has 3 aromatic rings. The van der Waals surface area contributed by atoms with E-state index in [9.17, 15) is 25.0 Å². The number of para-hydroxylation sites is 1. The van der Waals surface area contributed by atoms with Crippen molar-refractivity contribution in [2.45, 2.75) is 13.0 Å². The number of nitro groups is 2. The molecule has 0 aliphatic heterocycles. The molecule has 158 valence electrons. The van der Waals surface area contributed by atoms with Crippen LogP contribution in [0.2, 0.25) is 0 Å². The van der Waals surface area contributed by atoms with Gasteiger partial charge in [-0.05, 0) is 49.4 Å². The van der Waals surface area contributed by atoms with E-state index in [0.717, 1.165) is 18.2 Å². The van der Waals surface area contributed by atoms with Crippen molar-refractivity contribution >= 4 is 23.0 Å². The molecule has 0 aliphatic rings. The molecule has 0 saturated heterocycles. The van der Waals surface area contributed by atoms with Gasteiger partial charge in [0.25, 0.3) is 17.3 Å². The number of carbonyl (C=O) groups excluding carboxylic acids is 1. The highest BCUT2D eigenvalue weighted by Crippen LogP contribution is 2.29. The van der Waals surface area contributed by atoms with Crippen LogP contribution < -0.4 is 14.8 Å². The molecule has 3 rings (SSSR count). The van der Waals surface area contributed by atoms with Gasteiger partial charge in [0.15, 0.2) is 6.10 Å². The highest BCUT2D eigenvalue weighted by Gasteiger charge is 2.23. The molecular weight excluding hydrogens is 406 g/mol. The van der Waals surface area contributed by atoms with Crippen LogP contribution in [0.1, 0.15) is 6.92 Å². The van der Waals surface area contributed by atoms with Crippen molar-refractivity contribution < 1.29 is 24.1 Å². The maximum atomic E-state index is 12.4. The molecule has 0 fully saturated rings. The lowest BCUT2D eigenvalue weighted by Crippen LogP contribution is -2.30. The van der Waals surface area contributed by atoms with E-state index in [-0.39, 0.29) is 5.69 Å². The third kappa shape index (κ3) is 5.54. The second-order valence-electron chi connectivity index (χ2n) is 6.35. The van der Waals surface area contributed by atoms with Crippen LogP contribution in [0.5, 0.6) is 17.2 Å². The van der Waals surface area contributed by atoms with E-state index < -0.39 is 33.2 Å². The van der Waals surface area contributed by atoms with Crippen molar-refractivity contribution in [3.05, 3.63) is 93.0 Å². The van der Waals surface area contributed by atoms with E-state index in [2.05, 4.69) is 5.32 Å². The third-order valence-electron chi connectivity index (χ3n) is 4.13. The van der Waals surface area contributed by atoms with Gasteiger partial charge in [-0.3, -0.25) is 25.0 Å². The Morgan fingerprint density at radius 2 is 1.48 bits per heavy atom. The number of nitro benzene ring substituents is 2. The molecule has 0 bridgehead atoms. The minimum atomic E-state index is -0.990. The average Bonchev–Trinajstić information content (AvgIpc) is 2.75. The van der Waals surface area contributed by atoms with E-state index >= 15 is 0 Å². The summed E-state index contributed by atoms with van der Waals surface area (Å²) < 4.78 is 11.3. The average molecular weight is 423 g/mol. The molecule has 1 amide bonds. The zero-order chi connectivity index (χ0) is 22.4. The molecule has 31 heavy (non-hydrogen) atoms. The molecule has 1 N–H and O–H groups in total. The van der Waals surface area contributed by atoms with Crippen LogP contribution in [0, 0.1) is 20.2 Å². The van der Waals surface area contributed by atoms with Crippen LogP contribution in [-0.4, -0.2) is 21.9 Å². The number of non-ortho nitro benzene ring substituents is 1. The Morgan fingerprint density at radius 1 is 0.871 bits per heavy atom. The second-order valence-corrected chi connectivity index (χ2v) is 6.35. The van der Waals surface area contributed by atoms with Crippen LogP contribution in [0.25, 0.3) is 0 Å². The van der Waals surface area contributed by atoms with Crippen molar-refractivity contribution in [2.24, 2.45) is 0 Å². The maximum absolute atomic E-state index is 12.4. The number of rotatable bonds is 8. The van der Waals surface area contributed by atoms with Gasteiger partial charge in [-0.25, -0.2) is 0 Å². The molecule has 10 nitrogen and oxygen atoms in total. The number of hydrogen-bond acceptors (Lipinski definition) is 7. The fourth-order valence-corrected chi connectivity index (χ4v) is 2.59. The van der Waals surface area contributed by atoms with Crippen LogP contribution in [0.15, 0.2) is 72.8 Å². The van der Waals surface area contributed by atoms with E-state index in [1.807, 2.05) is 30.3 Å². The highest BCUT2D eigenvalue weighted by atomic mass is 16.6. The fourth-order valence-electron chi connectivity index (χ4n) is 2.59. The Hall–Kier alpha value is -4.47. The first-order valence-electron chi connectivity index (χ1n) is 9.07. The number of amides is 1. The molecule has 1 unspecified atom stereocenters. The summed E-state index contributed by atoms with van der Waals surface area (Å²) in [5, 5.41) is 24.4. The van der Waals surface area contributed by atoms with Gasteiger partial charge in [0.1, 0.15) is 22.9 Å². The van der Waals surface area contributed by atoms with Crippen molar-refractivity contribution in [1.29, 1.82) is 0 Å². The Morgan fingerprint density at radius 3 is 2.10 bits per heavy atom. The molecule has 0 saturated carbocycles. The summed E-state index contributed by atoms with van der Waals surface area (Å²) in [7, 11) is 0. The van der Waals surface area contributed by atoms with Gasteiger partial charge in [0, 0.05) is 6.07 Å². The Balaban J connectivity index is 1.64. The Bertz CT molecular complexity index is 1100. The van der Waals surface area contributed by atoms with Crippen molar-refractivity contribution in [3.63, 3.8) is 0 Å². The van der Waals surface area contributed by atoms with Crippen LogP contribution >= 0.6 is 0 Å². The van der Waals surface area contributed by atoms with Gasteiger partial charge < -0.3 is 14.8 Å². The molecule has 0 aliphatic carbocycles. The molecule has 0 heterocycles. The molecule has 0 radical (unpaired) electrons. The molecule has 0 aromatic heterocycles. The smallest absolute Gasteiger partial charge is 0.299 e. The third-order valence-corrected chi connectivity index (χ3v) is 4.13. The summed E-state index contributed by atoms with van der Waals surface area (Å²) in [4.78, 5) is 32.8. The Labute approximate surface area is 176 Å². The quantitative estimate of drug-likeness (QED) is 0.410. The first-order chi connectivity index (χ1) is 14.8. The number of nitrogens with zero attached hydrogens (tertiary/aromatic N) is 2. The number of nitrogens with one attached hydrogen (secondary N) is 1. The zero-order valence-electron chi connectivity index (χ0n) is 16.3. The molecule has 1 atom stereocenters.